The fourth-order valence-electron chi connectivity index (χ4n) is 3.38. The lowest BCUT2D eigenvalue weighted by molar-refractivity contribution is -0.137. The molecule has 0 aliphatic carbocycles. The second-order valence-electron chi connectivity index (χ2n) is 6.89. The molecule has 7 nitrogen and oxygen atoms in total. The second-order valence-corrected chi connectivity index (χ2v) is 6.89. The number of aromatic nitrogens is 1. The Hall–Kier alpha value is -4.13. The average molecular weight is 415 g/mol. The number of anilines is 1. The van der Waals surface area contributed by atoms with Crippen molar-refractivity contribution < 1.29 is 19.1 Å². The van der Waals surface area contributed by atoms with E-state index < -0.39 is 5.91 Å². The van der Waals surface area contributed by atoms with Crippen LogP contribution in [0.3, 0.4) is 0 Å². The Kier molecular flexibility index (Phi) is 5.66. The standard InChI is InChI=1S/C24H21N3O4/c1-30-19-10-8-17(9-11-19)21-22(26-18-6-3-7-20(13-18)31-2)24(29)27(23(21)28)15-16-5-4-12-25-14-16/h3-14,26H,15H2,1-2H3. The van der Waals surface area contributed by atoms with E-state index >= 15 is 0 Å². The molecule has 0 fully saturated rings. The highest BCUT2D eigenvalue weighted by Gasteiger charge is 2.39. The minimum absolute atomic E-state index is 0.133. The van der Waals surface area contributed by atoms with Crippen LogP contribution in [0.1, 0.15) is 11.1 Å². The highest BCUT2D eigenvalue weighted by molar-refractivity contribution is 6.36. The van der Waals surface area contributed by atoms with Crippen LogP contribution in [0, 0.1) is 0 Å². The number of amides is 2. The quantitative estimate of drug-likeness (QED) is 0.595. The van der Waals surface area contributed by atoms with Crippen molar-refractivity contribution in [1.29, 1.82) is 0 Å². The summed E-state index contributed by atoms with van der Waals surface area (Å²) in [7, 11) is 3.14. The van der Waals surface area contributed by atoms with Gasteiger partial charge in [-0.25, -0.2) is 0 Å². The van der Waals surface area contributed by atoms with E-state index in [1.807, 2.05) is 18.2 Å². The van der Waals surface area contributed by atoms with E-state index in [2.05, 4.69) is 10.3 Å². The average Bonchev–Trinajstić information content (AvgIpc) is 3.04. The van der Waals surface area contributed by atoms with Gasteiger partial charge in [0, 0.05) is 24.1 Å². The van der Waals surface area contributed by atoms with Gasteiger partial charge in [0.1, 0.15) is 17.2 Å². The lowest BCUT2D eigenvalue weighted by Crippen LogP contribution is -2.32. The first-order chi connectivity index (χ1) is 15.1. The van der Waals surface area contributed by atoms with Gasteiger partial charge in [-0.2, -0.15) is 0 Å². The van der Waals surface area contributed by atoms with E-state index in [0.29, 0.717) is 28.3 Å². The fourth-order valence-corrected chi connectivity index (χ4v) is 3.38. The van der Waals surface area contributed by atoms with Gasteiger partial charge in [0.05, 0.1) is 26.3 Å². The Bertz CT molecular complexity index is 1140. The van der Waals surface area contributed by atoms with Crippen molar-refractivity contribution in [3.05, 3.63) is 89.9 Å². The van der Waals surface area contributed by atoms with Gasteiger partial charge in [-0.3, -0.25) is 19.5 Å². The number of nitrogens with one attached hydrogen (secondary N) is 1. The van der Waals surface area contributed by atoms with Crippen molar-refractivity contribution in [1.82, 2.24) is 9.88 Å². The molecule has 0 atom stereocenters. The largest absolute Gasteiger partial charge is 0.497 e. The summed E-state index contributed by atoms with van der Waals surface area (Å²) in [5.74, 6) is 0.531. The molecule has 0 unspecified atom stereocenters. The molecule has 3 aromatic rings. The zero-order chi connectivity index (χ0) is 21.8. The first kappa shape index (κ1) is 20.2. The van der Waals surface area contributed by atoms with Crippen LogP contribution in [0.25, 0.3) is 5.57 Å². The van der Waals surface area contributed by atoms with Crippen LogP contribution in [0.15, 0.2) is 78.8 Å². The van der Waals surface area contributed by atoms with Gasteiger partial charge in [0.25, 0.3) is 11.8 Å². The first-order valence-corrected chi connectivity index (χ1v) is 9.65. The number of hydrogen-bond donors (Lipinski definition) is 1. The Labute approximate surface area is 179 Å². The normalized spacial score (nSPS) is 13.5. The number of methoxy groups -OCH3 is 2. The molecule has 2 aromatic carbocycles. The topological polar surface area (TPSA) is 80.8 Å². The van der Waals surface area contributed by atoms with E-state index in [-0.39, 0.29) is 18.1 Å². The van der Waals surface area contributed by atoms with Gasteiger partial charge in [0.2, 0.25) is 0 Å². The zero-order valence-electron chi connectivity index (χ0n) is 17.2. The van der Waals surface area contributed by atoms with E-state index in [1.54, 1.807) is 69.1 Å². The zero-order valence-corrected chi connectivity index (χ0v) is 17.2. The Morgan fingerprint density at radius 3 is 2.35 bits per heavy atom. The molecule has 31 heavy (non-hydrogen) atoms. The van der Waals surface area contributed by atoms with Crippen molar-refractivity contribution in [3.63, 3.8) is 0 Å². The molecular formula is C24H21N3O4. The fraction of sp³-hybridized carbons (Fsp3) is 0.125. The van der Waals surface area contributed by atoms with Crippen LogP contribution in [0.5, 0.6) is 11.5 Å². The third-order valence-electron chi connectivity index (χ3n) is 4.95. The molecule has 1 aliphatic heterocycles. The van der Waals surface area contributed by atoms with Gasteiger partial charge in [-0.1, -0.05) is 24.3 Å². The molecule has 0 radical (unpaired) electrons. The number of imide groups is 1. The van der Waals surface area contributed by atoms with Gasteiger partial charge < -0.3 is 14.8 Å². The SMILES string of the molecule is COc1ccc(C2=C(Nc3cccc(OC)c3)C(=O)N(Cc3cccnc3)C2=O)cc1. The predicted molar refractivity (Wildman–Crippen MR) is 116 cm³/mol. The third kappa shape index (κ3) is 4.11. The molecule has 1 N–H and O–H groups in total. The maximum absolute atomic E-state index is 13.3. The second kappa shape index (κ2) is 8.71. The maximum atomic E-state index is 13.3. The highest BCUT2D eigenvalue weighted by Crippen LogP contribution is 2.32. The van der Waals surface area contributed by atoms with Gasteiger partial charge >= 0.3 is 0 Å². The molecular weight excluding hydrogens is 394 g/mol. The summed E-state index contributed by atoms with van der Waals surface area (Å²) in [6, 6.07) is 17.8. The summed E-state index contributed by atoms with van der Waals surface area (Å²) < 4.78 is 10.5. The monoisotopic (exact) mass is 415 g/mol. The Balaban J connectivity index is 1.74. The molecule has 0 bridgehead atoms. The van der Waals surface area contributed by atoms with Crippen molar-refractivity contribution in [2.75, 3.05) is 19.5 Å². The van der Waals surface area contributed by atoms with Crippen LogP contribution >= 0.6 is 0 Å². The summed E-state index contributed by atoms with van der Waals surface area (Å²) in [5, 5.41) is 3.13. The minimum atomic E-state index is -0.400. The molecule has 1 aliphatic rings. The summed E-state index contributed by atoms with van der Waals surface area (Å²) in [5.41, 5.74) is 2.55. The summed E-state index contributed by atoms with van der Waals surface area (Å²) in [4.78, 5) is 31.9. The predicted octanol–water partition coefficient (Wildman–Crippen LogP) is 3.49. The van der Waals surface area contributed by atoms with Gasteiger partial charge in [0.15, 0.2) is 0 Å². The number of pyridine rings is 1. The number of ether oxygens (including phenoxy) is 2. The van der Waals surface area contributed by atoms with E-state index in [0.717, 1.165) is 5.56 Å². The van der Waals surface area contributed by atoms with E-state index in [4.69, 9.17) is 9.47 Å². The molecule has 156 valence electrons. The van der Waals surface area contributed by atoms with Crippen LogP contribution in [-0.4, -0.2) is 35.9 Å². The van der Waals surface area contributed by atoms with Crippen LogP contribution in [0.2, 0.25) is 0 Å². The summed E-state index contributed by atoms with van der Waals surface area (Å²) >= 11 is 0. The van der Waals surface area contributed by atoms with Crippen molar-refractivity contribution in [3.8, 4) is 11.5 Å². The molecule has 1 aromatic heterocycles. The van der Waals surface area contributed by atoms with Crippen LogP contribution < -0.4 is 14.8 Å². The first-order valence-electron chi connectivity index (χ1n) is 9.65. The molecule has 0 saturated heterocycles. The van der Waals surface area contributed by atoms with Gasteiger partial charge in [-0.15, -0.1) is 0 Å². The highest BCUT2D eigenvalue weighted by atomic mass is 16.5. The number of benzene rings is 2. The van der Waals surface area contributed by atoms with E-state index in [1.165, 1.54) is 4.90 Å². The molecule has 4 rings (SSSR count). The van der Waals surface area contributed by atoms with Crippen LogP contribution in [-0.2, 0) is 16.1 Å². The molecule has 0 saturated carbocycles. The molecule has 2 heterocycles. The van der Waals surface area contributed by atoms with Crippen molar-refractivity contribution in [2.24, 2.45) is 0 Å². The number of carbonyl (C=O) groups excluding carboxylic acids is 2. The van der Waals surface area contributed by atoms with Crippen LogP contribution in [0.4, 0.5) is 5.69 Å². The van der Waals surface area contributed by atoms with E-state index in [9.17, 15) is 9.59 Å². The maximum Gasteiger partial charge on any atom is 0.278 e. The molecule has 0 spiro atoms. The summed E-state index contributed by atoms with van der Waals surface area (Å²) in [6.45, 7) is 0.133. The Morgan fingerprint density at radius 1 is 0.903 bits per heavy atom. The number of nitrogens with zero attached hydrogens (tertiary/aromatic N) is 2. The van der Waals surface area contributed by atoms with Crippen molar-refractivity contribution >= 4 is 23.1 Å². The van der Waals surface area contributed by atoms with Gasteiger partial charge in [-0.05, 0) is 41.5 Å². The minimum Gasteiger partial charge on any atom is -0.497 e. The lowest BCUT2D eigenvalue weighted by atomic mass is 10.0. The number of rotatable bonds is 7. The smallest absolute Gasteiger partial charge is 0.278 e. The number of hydrogen-bond acceptors (Lipinski definition) is 6. The molecule has 2 amide bonds. The number of carbonyl (C=O) groups is 2. The lowest BCUT2D eigenvalue weighted by Gasteiger charge is -2.15. The van der Waals surface area contributed by atoms with Crippen molar-refractivity contribution in [2.45, 2.75) is 6.54 Å². The Morgan fingerprint density at radius 2 is 1.68 bits per heavy atom. The summed E-state index contributed by atoms with van der Waals surface area (Å²) in [6.07, 6.45) is 3.29. The molecule has 7 heteroatoms. The third-order valence-corrected chi connectivity index (χ3v) is 4.95.